The van der Waals surface area contributed by atoms with Crippen LogP contribution in [0.3, 0.4) is 0 Å². The fourth-order valence-electron chi connectivity index (χ4n) is 9.60. The van der Waals surface area contributed by atoms with E-state index in [1.54, 1.807) is 4.31 Å². The quantitative estimate of drug-likeness (QED) is 0.392. The van der Waals surface area contributed by atoms with Crippen molar-refractivity contribution in [2.75, 3.05) is 79.4 Å². The van der Waals surface area contributed by atoms with Gasteiger partial charge in [0.15, 0.2) is 0 Å². The molecule has 0 aromatic heterocycles. The van der Waals surface area contributed by atoms with E-state index in [1.165, 1.54) is 0 Å². The number of urea groups is 1. The Morgan fingerprint density at radius 2 is 1.48 bits per heavy atom. The molecule has 3 N–H and O–H groups in total. The summed E-state index contributed by atoms with van der Waals surface area (Å²) < 4.78 is 27.6. The number of anilines is 4. The van der Waals surface area contributed by atoms with E-state index in [0.717, 1.165) is 67.9 Å². The van der Waals surface area contributed by atoms with Gasteiger partial charge in [0.1, 0.15) is 0 Å². The number of carbonyl (C=O) groups excluding carboxylic acids is 2. The molecule has 3 unspecified atom stereocenters. The van der Waals surface area contributed by atoms with Crippen LogP contribution >= 0.6 is 0 Å². The summed E-state index contributed by atoms with van der Waals surface area (Å²) in [6, 6.07) is 16.6. The third kappa shape index (κ3) is 6.15. The number of sulfonamides is 1. The molecule has 6 aliphatic rings. The Morgan fingerprint density at radius 3 is 2.10 bits per heavy atom. The van der Waals surface area contributed by atoms with Gasteiger partial charge in [-0.2, -0.15) is 4.31 Å². The number of rotatable bonds is 10. The maximum Gasteiger partial charge on any atom is 0.322 e. The molecule has 48 heavy (non-hydrogen) atoms. The minimum atomic E-state index is -3.27. The third-order valence-electron chi connectivity index (χ3n) is 12.1. The number of nitrogens with one attached hydrogen (secondary N) is 1. The SMILES string of the molecule is CCN(CC)CCS(=O)(=O)N1CCN(c2ccc(N3CCN(C(=O)NC4[C@@H]5CC6C[C@H]4CC(C(N)=O)(C6)C5)c4ccccc43)cc2)CC1. The van der Waals surface area contributed by atoms with E-state index in [1.807, 2.05) is 23.1 Å². The van der Waals surface area contributed by atoms with Crippen LogP contribution in [-0.4, -0.2) is 100 Å². The van der Waals surface area contributed by atoms with Crippen LogP contribution in [0.5, 0.6) is 0 Å². The van der Waals surface area contributed by atoms with Gasteiger partial charge in [-0.3, -0.25) is 9.69 Å². The van der Waals surface area contributed by atoms with Gasteiger partial charge < -0.3 is 25.8 Å². The van der Waals surface area contributed by atoms with Crippen LogP contribution in [0.2, 0.25) is 0 Å². The van der Waals surface area contributed by atoms with E-state index in [-0.39, 0.29) is 29.1 Å². The molecule has 260 valence electrons. The number of hydrogen-bond donors (Lipinski definition) is 2. The molecule has 12 heteroatoms. The zero-order valence-electron chi connectivity index (χ0n) is 28.4. The summed E-state index contributed by atoms with van der Waals surface area (Å²) in [6.45, 7) is 9.94. The smallest absolute Gasteiger partial charge is 0.322 e. The Hall–Kier alpha value is -3.35. The van der Waals surface area contributed by atoms with E-state index >= 15 is 0 Å². The first kappa shape index (κ1) is 33.2. The lowest BCUT2D eigenvalue weighted by Gasteiger charge is -2.59. The molecule has 3 amide bonds. The number of nitrogens with zero attached hydrogens (tertiary/aromatic N) is 5. The number of primary amides is 1. The maximum absolute atomic E-state index is 13.9. The Kier molecular flexibility index (Phi) is 9.10. The number of fused-ring (bicyclic) bond motifs is 1. The van der Waals surface area contributed by atoms with E-state index in [4.69, 9.17) is 5.73 Å². The lowest BCUT2D eigenvalue weighted by Crippen LogP contribution is -2.63. The monoisotopic (exact) mass is 677 g/mol. The first-order valence-electron chi connectivity index (χ1n) is 17.9. The standard InChI is InChI=1S/C36H51N7O4S/c1-3-39(4-2)19-20-48(46,47)41-15-13-40(14-16-41)29-9-11-30(12-10-29)42-17-18-43(32-8-6-5-7-31(32)42)35(45)38-33-27-21-26-22-28(33)25-36(23-26,24-27)34(37)44/h5-12,26-28,33H,3-4,13-25H2,1-2H3,(H2,37,44)(H,38,45)/t26?,27-,28+,33?,36?. The summed E-state index contributed by atoms with van der Waals surface area (Å²) in [6.07, 6.45) is 4.66. The van der Waals surface area contributed by atoms with Crippen LogP contribution in [0, 0.1) is 23.2 Å². The van der Waals surface area contributed by atoms with Crippen molar-refractivity contribution >= 4 is 44.7 Å². The van der Waals surface area contributed by atoms with Crippen molar-refractivity contribution in [3.8, 4) is 0 Å². The normalized spacial score (nSPS) is 28.5. The Labute approximate surface area is 285 Å². The van der Waals surface area contributed by atoms with Gasteiger partial charge in [-0.15, -0.1) is 0 Å². The van der Waals surface area contributed by atoms with Crippen LogP contribution in [0.4, 0.5) is 27.5 Å². The van der Waals surface area contributed by atoms with Crippen molar-refractivity contribution in [3.05, 3.63) is 48.5 Å². The Morgan fingerprint density at radius 1 is 0.854 bits per heavy atom. The molecule has 0 radical (unpaired) electrons. The molecule has 5 atom stereocenters. The summed E-state index contributed by atoms with van der Waals surface area (Å²) >= 11 is 0. The van der Waals surface area contributed by atoms with Gasteiger partial charge in [0.2, 0.25) is 15.9 Å². The Balaban J connectivity index is 0.984. The number of piperazine rings is 1. The molecule has 8 rings (SSSR count). The fourth-order valence-corrected chi connectivity index (χ4v) is 11.1. The van der Waals surface area contributed by atoms with Crippen molar-refractivity contribution < 1.29 is 18.0 Å². The highest BCUT2D eigenvalue weighted by Crippen LogP contribution is 2.60. The first-order valence-corrected chi connectivity index (χ1v) is 19.5. The average Bonchev–Trinajstić information content (AvgIpc) is 3.09. The highest BCUT2D eigenvalue weighted by atomic mass is 32.2. The lowest BCUT2D eigenvalue weighted by atomic mass is 9.47. The highest BCUT2D eigenvalue weighted by molar-refractivity contribution is 7.89. The molecule has 4 bridgehead atoms. The van der Waals surface area contributed by atoms with Gasteiger partial charge in [-0.05, 0) is 99.3 Å². The maximum atomic E-state index is 13.9. The second-order valence-corrected chi connectivity index (χ2v) is 16.7. The third-order valence-corrected chi connectivity index (χ3v) is 13.9. The fraction of sp³-hybridized carbons (Fsp3) is 0.611. The number of hydrogen-bond acceptors (Lipinski definition) is 7. The van der Waals surface area contributed by atoms with E-state index in [2.05, 4.69) is 64.2 Å². The summed E-state index contributed by atoms with van der Waals surface area (Å²) in [5.74, 6) is 1.19. The van der Waals surface area contributed by atoms with Crippen molar-refractivity contribution in [3.63, 3.8) is 0 Å². The van der Waals surface area contributed by atoms with E-state index in [9.17, 15) is 18.0 Å². The first-order chi connectivity index (χ1) is 23.1. The van der Waals surface area contributed by atoms with E-state index < -0.39 is 10.0 Å². The molecule has 11 nitrogen and oxygen atoms in total. The summed E-state index contributed by atoms with van der Waals surface area (Å²) in [4.78, 5) is 34.8. The predicted octanol–water partition coefficient (Wildman–Crippen LogP) is 3.83. The number of amides is 3. The second kappa shape index (κ2) is 13.2. The Bertz CT molecular complexity index is 1590. The van der Waals surface area contributed by atoms with Gasteiger partial charge in [0, 0.05) is 68.6 Å². The van der Waals surface area contributed by atoms with Crippen LogP contribution in [0.15, 0.2) is 48.5 Å². The van der Waals surface area contributed by atoms with Gasteiger partial charge in [-0.25, -0.2) is 13.2 Å². The molecule has 2 aromatic rings. The topological polar surface area (TPSA) is 123 Å². The van der Waals surface area contributed by atoms with Crippen LogP contribution in [0.25, 0.3) is 0 Å². The molecule has 2 aliphatic heterocycles. The molecule has 5 fully saturated rings. The van der Waals surface area contributed by atoms with Crippen molar-refractivity contribution in [2.45, 2.75) is 52.0 Å². The van der Waals surface area contributed by atoms with Crippen LogP contribution in [0.1, 0.15) is 46.0 Å². The average molecular weight is 678 g/mol. The van der Waals surface area contributed by atoms with Crippen molar-refractivity contribution in [1.82, 2.24) is 14.5 Å². The minimum absolute atomic E-state index is 0.0581. The largest absolute Gasteiger partial charge is 0.369 e. The van der Waals surface area contributed by atoms with Crippen LogP contribution in [-0.2, 0) is 14.8 Å². The molecule has 2 aromatic carbocycles. The number of benzene rings is 2. The zero-order valence-corrected chi connectivity index (χ0v) is 29.2. The molecule has 0 spiro atoms. The zero-order chi connectivity index (χ0) is 33.6. The summed E-state index contributed by atoms with van der Waals surface area (Å²) in [7, 11) is -3.27. The molecule has 4 saturated carbocycles. The van der Waals surface area contributed by atoms with Crippen molar-refractivity contribution in [2.24, 2.45) is 28.9 Å². The minimum Gasteiger partial charge on any atom is -0.369 e. The van der Waals surface area contributed by atoms with E-state index in [0.29, 0.717) is 63.6 Å². The lowest BCUT2D eigenvalue weighted by molar-refractivity contribution is -0.145. The number of nitrogens with two attached hydrogens (primary N) is 1. The number of carbonyl (C=O) groups is 2. The van der Waals surface area contributed by atoms with Gasteiger partial charge in [0.25, 0.3) is 0 Å². The molecular weight excluding hydrogens is 627 g/mol. The summed E-state index contributed by atoms with van der Waals surface area (Å²) in [5.41, 5.74) is 9.55. The van der Waals surface area contributed by atoms with Gasteiger partial charge >= 0.3 is 6.03 Å². The predicted molar refractivity (Wildman–Crippen MR) is 190 cm³/mol. The van der Waals surface area contributed by atoms with Gasteiger partial charge in [-0.1, -0.05) is 26.0 Å². The highest BCUT2D eigenvalue weighted by Gasteiger charge is 2.58. The molecule has 1 saturated heterocycles. The van der Waals surface area contributed by atoms with Crippen LogP contribution < -0.4 is 25.8 Å². The second-order valence-electron chi connectivity index (χ2n) is 14.6. The summed E-state index contributed by atoms with van der Waals surface area (Å²) in [5, 5.41) is 3.42. The van der Waals surface area contributed by atoms with Crippen molar-refractivity contribution in [1.29, 1.82) is 0 Å². The number of para-hydroxylation sites is 2. The molecular formula is C36H51N7O4S. The molecule has 2 heterocycles. The van der Waals surface area contributed by atoms with Gasteiger partial charge in [0.05, 0.1) is 17.1 Å². The molecule has 4 aliphatic carbocycles.